The first-order chi connectivity index (χ1) is 10.1. The van der Waals surface area contributed by atoms with E-state index in [2.05, 4.69) is 72.0 Å². The van der Waals surface area contributed by atoms with Crippen LogP contribution in [0.3, 0.4) is 0 Å². The van der Waals surface area contributed by atoms with Gasteiger partial charge >= 0.3 is 0 Å². The summed E-state index contributed by atoms with van der Waals surface area (Å²) in [6.45, 7) is 9.19. The molecule has 0 unspecified atom stereocenters. The Hall–Kier alpha value is -1.74. The zero-order valence-electron chi connectivity index (χ0n) is 12.4. The van der Waals surface area contributed by atoms with E-state index >= 15 is 0 Å². The summed E-state index contributed by atoms with van der Waals surface area (Å²) in [7, 11) is 0. The Labute approximate surface area is 135 Å². The molecule has 2 aromatic carbocycles. The second-order valence-electron chi connectivity index (χ2n) is 5.02. The minimum Gasteiger partial charge on any atom is -0.488 e. The molecule has 2 aromatic rings. The van der Waals surface area contributed by atoms with Crippen LogP contribution < -0.4 is 10.1 Å². The number of benzene rings is 2. The van der Waals surface area contributed by atoms with Crippen molar-refractivity contribution >= 4 is 21.6 Å². The van der Waals surface area contributed by atoms with Gasteiger partial charge in [0.05, 0.1) is 4.47 Å². The largest absolute Gasteiger partial charge is 0.488 e. The Kier molecular flexibility index (Phi) is 5.45. The average molecular weight is 346 g/mol. The fourth-order valence-electron chi connectivity index (χ4n) is 1.98. The summed E-state index contributed by atoms with van der Waals surface area (Å²) < 4.78 is 6.51. The third-order valence-corrected chi connectivity index (χ3v) is 3.98. The Morgan fingerprint density at radius 2 is 1.95 bits per heavy atom. The topological polar surface area (TPSA) is 21.3 Å². The van der Waals surface area contributed by atoms with E-state index in [1.165, 1.54) is 16.7 Å². The quantitative estimate of drug-likeness (QED) is 0.722. The van der Waals surface area contributed by atoms with Crippen molar-refractivity contribution in [3.63, 3.8) is 0 Å². The van der Waals surface area contributed by atoms with E-state index < -0.39 is 0 Å². The van der Waals surface area contributed by atoms with Gasteiger partial charge in [0, 0.05) is 12.2 Å². The van der Waals surface area contributed by atoms with Crippen LogP contribution in [0.2, 0.25) is 0 Å². The van der Waals surface area contributed by atoms with Crippen molar-refractivity contribution in [1.82, 2.24) is 0 Å². The highest BCUT2D eigenvalue weighted by Crippen LogP contribution is 2.26. The number of nitrogens with one attached hydrogen (secondary N) is 1. The number of rotatable bonds is 6. The van der Waals surface area contributed by atoms with E-state index in [0.717, 1.165) is 22.5 Å². The SMILES string of the molecule is C=CCOc1ccc(CNc2ccc(C)c(C)c2)cc1Br. The minimum absolute atomic E-state index is 0.513. The molecular weight excluding hydrogens is 326 g/mol. The smallest absolute Gasteiger partial charge is 0.133 e. The molecule has 0 aliphatic heterocycles. The van der Waals surface area contributed by atoms with Crippen LogP contribution in [-0.4, -0.2) is 6.61 Å². The second-order valence-corrected chi connectivity index (χ2v) is 5.87. The highest BCUT2D eigenvalue weighted by atomic mass is 79.9. The molecule has 0 saturated heterocycles. The van der Waals surface area contributed by atoms with Gasteiger partial charge in [0.25, 0.3) is 0 Å². The average Bonchev–Trinajstić information content (AvgIpc) is 2.47. The summed E-state index contributed by atoms with van der Waals surface area (Å²) in [5, 5.41) is 3.44. The van der Waals surface area contributed by atoms with Gasteiger partial charge in [-0.05, 0) is 70.7 Å². The first-order valence-electron chi connectivity index (χ1n) is 6.93. The zero-order chi connectivity index (χ0) is 15.2. The fraction of sp³-hybridized carbons (Fsp3) is 0.222. The third kappa shape index (κ3) is 4.36. The molecule has 2 nitrogen and oxygen atoms in total. The van der Waals surface area contributed by atoms with Crippen LogP contribution in [0.5, 0.6) is 5.75 Å². The maximum atomic E-state index is 5.55. The van der Waals surface area contributed by atoms with Crippen LogP contribution in [0, 0.1) is 13.8 Å². The molecule has 0 spiro atoms. The molecule has 0 atom stereocenters. The van der Waals surface area contributed by atoms with Crippen LogP contribution in [-0.2, 0) is 6.54 Å². The lowest BCUT2D eigenvalue weighted by atomic mass is 10.1. The molecule has 0 heterocycles. The lowest BCUT2D eigenvalue weighted by molar-refractivity contribution is 0.361. The van der Waals surface area contributed by atoms with E-state index in [1.807, 2.05) is 6.07 Å². The van der Waals surface area contributed by atoms with E-state index in [9.17, 15) is 0 Å². The van der Waals surface area contributed by atoms with Crippen LogP contribution in [0.4, 0.5) is 5.69 Å². The first-order valence-corrected chi connectivity index (χ1v) is 7.72. The van der Waals surface area contributed by atoms with Crippen LogP contribution in [0.15, 0.2) is 53.5 Å². The van der Waals surface area contributed by atoms with Gasteiger partial charge in [-0.15, -0.1) is 0 Å². The molecular formula is C18H20BrNO. The van der Waals surface area contributed by atoms with Gasteiger partial charge in [-0.1, -0.05) is 24.8 Å². The van der Waals surface area contributed by atoms with Gasteiger partial charge in [0.15, 0.2) is 0 Å². The number of ether oxygens (including phenoxy) is 1. The van der Waals surface area contributed by atoms with E-state index in [-0.39, 0.29) is 0 Å². The summed E-state index contributed by atoms with van der Waals surface area (Å²) in [4.78, 5) is 0. The van der Waals surface area contributed by atoms with Crippen molar-refractivity contribution in [3.8, 4) is 5.75 Å². The monoisotopic (exact) mass is 345 g/mol. The molecule has 2 rings (SSSR count). The minimum atomic E-state index is 0.513. The fourth-order valence-corrected chi connectivity index (χ4v) is 2.52. The molecule has 0 saturated carbocycles. The lowest BCUT2D eigenvalue weighted by Gasteiger charge is -2.11. The number of hydrogen-bond acceptors (Lipinski definition) is 2. The Morgan fingerprint density at radius 1 is 1.14 bits per heavy atom. The predicted octanol–water partition coefficient (Wildman–Crippen LogP) is 5.24. The molecule has 0 amide bonds. The molecule has 1 N–H and O–H groups in total. The van der Waals surface area contributed by atoms with Crippen molar-refractivity contribution in [3.05, 3.63) is 70.2 Å². The summed E-state index contributed by atoms with van der Waals surface area (Å²) in [6, 6.07) is 12.5. The summed E-state index contributed by atoms with van der Waals surface area (Å²) in [5.41, 5.74) is 4.95. The molecule has 0 bridgehead atoms. The standard InChI is InChI=1S/C18H20BrNO/c1-4-9-21-18-8-6-15(11-17(18)19)12-20-16-7-5-13(2)14(3)10-16/h4-8,10-11,20H,1,9,12H2,2-3H3. The number of anilines is 1. The maximum absolute atomic E-state index is 5.55. The van der Waals surface area contributed by atoms with Crippen LogP contribution in [0.1, 0.15) is 16.7 Å². The predicted molar refractivity (Wildman–Crippen MR) is 93.1 cm³/mol. The zero-order valence-corrected chi connectivity index (χ0v) is 14.0. The Morgan fingerprint density at radius 3 is 2.62 bits per heavy atom. The van der Waals surface area contributed by atoms with Gasteiger partial charge in [-0.3, -0.25) is 0 Å². The molecule has 0 aromatic heterocycles. The highest BCUT2D eigenvalue weighted by molar-refractivity contribution is 9.10. The van der Waals surface area contributed by atoms with Crippen molar-refractivity contribution in [2.24, 2.45) is 0 Å². The van der Waals surface area contributed by atoms with Gasteiger partial charge in [-0.25, -0.2) is 0 Å². The van der Waals surface area contributed by atoms with Crippen molar-refractivity contribution in [2.45, 2.75) is 20.4 Å². The molecule has 3 heteroatoms. The van der Waals surface area contributed by atoms with Crippen molar-refractivity contribution < 1.29 is 4.74 Å². The normalized spacial score (nSPS) is 10.2. The molecule has 0 aliphatic carbocycles. The second kappa shape index (κ2) is 7.32. The summed E-state index contributed by atoms with van der Waals surface area (Å²) in [5.74, 6) is 0.838. The van der Waals surface area contributed by atoms with Crippen molar-refractivity contribution in [1.29, 1.82) is 0 Å². The lowest BCUT2D eigenvalue weighted by Crippen LogP contribution is -2.01. The van der Waals surface area contributed by atoms with Crippen molar-refractivity contribution in [2.75, 3.05) is 11.9 Å². The van der Waals surface area contributed by atoms with E-state index in [4.69, 9.17) is 4.74 Å². The molecule has 0 aliphatic rings. The van der Waals surface area contributed by atoms with Crippen LogP contribution >= 0.6 is 15.9 Å². The van der Waals surface area contributed by atoms with E-state index in [1.54, 1.807) is 6.08 Å². The molecule has 0 fully saturated rings. The van der Waals surface area contributed by atoms with Gasteiger partial charge < -0.3 is 10.1 Å². The first kappa shape index (κ1) is 15.6. The number of hydrogen-bond donors (Lipinski definition) is 1. The van der Waals surface area contributed by atoms with Crippen LogP contribution in [0.25, 0.3) is 0 Å². The van der Waals surface area contributed by atoms with Gasteiger partial charge in [0.1, 0.15) is 12.4 Å². The maximum Gasteiger partial charge on any atom is 0.133 e. The number of halogens is 1. The van der Waals surface area contributed by atoms with Gasteiger partial charge in [0.2, 0.25) is 0 Å². The number of aryl methyl sites for hydroxylation is 2. The summed E-state index contributed by atoms with van der Waals surface area (Å²) >= 11 is 3.54. The summed E-state index contributed by atoms with van der Waals surface area (Å²) in [6.07, 6.45) is 1.74. The molecule has 21 heavy (non-hydrogen) atoms. The third-order valence-electron chi connectivity index (χ3n) is 3.36. The molecule has 110 valence electrons. The Balaban J connectivity index is 2.01. The van der Waals surface area contributed by atoms with Gasteiger partial charge in [-0.2, -0.15) is 0 Å². The molecule has 0 radical (unpaired) electrons. The van der Waals surface area contributed by atoms with E-state index in [0.29, 0.717) is 6.61 Å². The highest BCUT2D eigenvalue weighted by Gasteiger charge is 2.03. The Bertz CT molecular complexity index is 637.